The maximum atomic E-state index is 2.53. The first-order valence-corrected chi connectivity index (χ1v) is 33.9. The van der Waals surface area contributed by atoms with Gasteiger partial charge in [-0.25, -0.2) is 0 Å². The van der Waals surface area contributed by atoms with Crippen LogP contribution in [0.2, 0.25) is 0 Å². The van der Waals surface area contributed by atoms with Gasteiger partial charge in [0.1, 0.15) is 0 Å². The normalized spacial score (nSPS) is 11.7. The van der Waals surface area contributed by atoms with Gasteiger partial charge in [-0.15, -0.1) is 0 Å². The molecular weight excluding hydrogens is 841 g/mol. The van der Waals surface area contributed by atoms with Crippen LogP contribution >= 0.6 is 0 Å². The topological polar surface area (TPSA) is 0 Å². The van der Waals surface area contributed by atoms with Crippen LogP contribution in [-0.2, 0) is 12.8 Å². The molecule has 1 rings (SSSR count). The van der Waals surface area contributed by atoms with Crippen molar-refractivity contribution in [3.8, 4) is 0 Å². The third kappa shape index (κ3) is 55.0. The summed E-state index contributed by atoms with van der Waals surface area (Å²) < 4.78 is 0. The third-order valence-corrected chi connectivity index (χ3v) is 16.6. The van der Waals surface area contributed by atoms with Crippen LogP contribution in [0, 0.1) is 0 Å². The van der Waals surface area contributed by atoms with E-state index in [0.29, 0.717) is 0 Å². The summed E-state index contributed by atoms with van der Waals surface area (Å²) in [6.07, 6.45) is 90.9. The first-order chi connectivity index (χ1) is 34.9. The van der Waals surface area contributed by atoms with Crippen molar-refractivity contribution in [1.29, 1.82) is 0 Å². The van der Waals surface area contributed by atoms with Gasteiger partial charge in [0.25, 0.3) is 0 Å². The smallest absolute Gasteiger partial charge is 0.0279 e. The number of aryl methyl sites for hydroxylation is 2. The zero-order chi connectivity index (χ0) is 49.8. The van der Waals surface area contributed by atoms with Crippen LogP contribution in [-0.4, -0.2) is 0 Å². The van der Waals surface area contributed by atoms with Gasteiger partial charge in [-0.2, -0.15) is 0 Å². The van der Waals surface area contributed by atoms with Crippen molar-refractivity contribution in [1.82, 2.24) is 0 Å². The Morgan fingerprint density at radius 1 is 0.171 bits per heavy atom. The minimum atomic E-state index is 1.28. The van der Waals surface area contributed by atoms with Crippen molar-refractivity contribution in [2.75, 3.05) is 0 Å². The summed E-state index contributed by atoms with van der Waals surface area (Å²) in [5, 5.41) is 0. The molecule has 0 heteroatoms. The van der Waals surface area contributed by atoms with E-state index in [4.69, 9.17) is 0 Å². The van der Waals surface area contributed by atoms with E-state index in [9.17, 15) is 0 Å². The average molecular weight is 976 g/mol. The summed E-state index contributed by atoms with van der Waals surface area (Å²) >= 11 is 0. The lowest BCUT2D eigenvalue weighted by Gasteiger charge is -2.07. The maximum Gasteiger partial charge on any atom is -0.0279 e. The molecule has 0 unspecified atom stereocenters. The van der Waals surface area contributed by atoms with E-state index in [1.807, 2.05) is 0 Å². The van der Waals surface area contributed by atoms with Gasteiger partial charge in [-0.3, -0.25) is 0 Å². The van der Waals surface area contributed by atoms with Crippen molar-refractivity contribution in [2.45, 2.75) is 412 Å². The van der Waals surface area contributed by atoms with Crippen LogP contribution in [0.1, 0.15) is 410 Å². The first kappa shape index (κ1) is 67.2. The minimum Gasteiger partial charge on any atom is -0.0654 e. The second-order valence-electron chi connectivity index (χ2n) is 23.8. The molecule has 0 nitrogen and oxygen atoms in total. The molecule has 0 aliphatic carbocycles. The lowest BCUT2D eigenvalue weighted by molar-refractivity contribution is 0.513. The summed E-state index contributed by atoms with van der Waals surface area (Å²) in [6.45, 7) is 4.63. The van der Waals surface area contributed by atoms with Gasteiger partial charge >= 0.3 is 0 Å². The van der Waals surface area contributed by atoms with E-state index >= 15 is 0 Å². The number of unbranched alkanes of at least 4 members (excludes halogenated alkanes) is 58. The largest absolute Gasteiger partial charge is 0.0654 e. The highest BCUT2D eigenvalue weighted by molar-refractivity contribution is 5.23. The summed E-state index contributed by atoms with van der Waals surface area (Å²) in [7, 11) is 0. The summed E-state index contributed by atoms with van der Waals surface area (Å²) in [5.74, 6) is 0. The Morgan fingerprint density at radius 3 is 0.443 bits per heavy atom. The molecule has 0 aromatic heterocycles. The fraction of sp³-hybridized carbons (Fsp3) is 0.914. The Hall–Kier alpha value is -0.780. The first-order valence-electron chi connectivity index (χ1n) is 33.9. The quantitative estimate of drug-likeness (QED) is 0.0571. The Bertz CT molecular complexity index is 975. The molecule has 0 N–H and O–H groups in total. The molecule has 0 saturated carbocycles. The zero-order valence-electron chi connectivity index (χ0n) is 49.2. The van der Waals surface area contributed by atoms with Crippen molar-refractivity contribution in [3.63, 3.8) is 0 Å². The summed E-state index contributed by atoms with van der Waals surface area (Å²) in [6, 6.07) is 9.63. The van der Waals surface area contributed by atoms with E-state index in [-0.39, 0.29) is 0 Å². The van der Waals surface area contributed by atoms with Crippen molar-refractivity contribution < 1.29 is 0 Å². The zero-order valence-corrected chi connectivity index (χ0v) is 49.2. The van der Waals surface area contributed by atoms with Gasteiger partial charge in [0.2, 0.25) is 0 Å². The Balaban J connectivity index is 1.73. The predicted octanol–water partition coefficient (Wildman–Crippen LogP) is 26.2. The minimum absolute atomic E-state index is 1.28. The molecule has 0 radical (unpaired) electrons. The van der Waals surface area contributed by atoms with Crippen LogP contribution in [0.15, 0.2) is 24.3 Å². The van der Waals surface area contributed by atoms with Crippen LogP contribution in [0.4, 0.5) is 0 Å². The summed E-state index contributed by atoms with van der Waals surface area (Å²) in [5.41, 5.74) is 3.17. The number of hydrogen-bond acceptors (Lipinski definition) is 0. The van der Waals surface area contributed by atoms with Crippen molar-refractivity contribution in [2.24, 2.45) is 0 Å². The highest BCUT2D eigenvalue weighted by Crippen LogP contribution is 2.20. The standard InChI is InChI=1S/C70H134/c1-3-5-7-9-11-13-15-17-19-21-23-25-27-29-31-33-35-37-39-41-43-45-47-49-51-53-55-57-59-61-64-69-66-63-67-70(68-69)65-62-60-58-56-54-52-50-48-46-44-42-40-38-36-34-32-30-28-26-24-22-20-18-16-14-12-10-8-6-4-2/h63,66-68H,3-62,64-65H2,1-2H3. The van der Waals surface area contributed by atoms with Crippen molar-refractivity contribution in [3.05, 3.63) is 35.4 Å². The lowest BCUT2D eigenvalue weighted by atomic mass is 9.99. The molecule has 0 aliphatic rings. The molecule has 0 heterocycles. The average Bonchev–Trinajstić information content (AvgIpc) is 3.37. The lowest BCUT2D eigenvalue weighted by Crippen LogP contribution is -1.91. The van der Waals surface area contributed by atoms with Crippen LogP contribution < -0.4 is 0 Å². The molecule has 0 bridgehead atoms. The molecule has 0 fully saturated rings. The number of benzene rings is 1. The number of hydrogen-bond donors (Lipinski definition) is 0. The van der Waals surface area contributed by atoms with E-state index in [1.54, 1.807) is 11.1 Å². The highest BCUT2D eigenvalue weighted by Gasteiger charge is 2.02. The van der Waals surface area contributed by atoms with Gasteiger partial charge < -0.3 is 0 Å². The highest BCUT2D eigenvalue weighted by atomic mass is 14.1. The van der Waals surface area contributed by atoms with Crippen LogP contribution in [0.3, 0.4) is 0 Å². The molecule has 0 atom stereocenters. The van der Waals surface area contributed by atoms with Crippen LogP contribution in [0.25, 0.3) is 0 Å². The molecular formula is C70H134. The molecule has 1 aromatic carbocycles. The van der Waals surface area contributed by atoms with E-state index < -0.39 is 0 Å². The maximum absolute atomic E-state index is 2.53. The monoisotopic (exact) mass is 975 g/mol. The summed E-state index contributed by atoms with van der Waals surface area (Å²) in [4.78, 5) is 0. The van der Waals surface area contributed by atoms with Gasteiger partial charge in [-0.05, 0) is 36.8 Å². The fourth-order valence-electron chi connectivity index (χ4n) is 11.6. The van der Waals surface area contributed by atoms with Crippen molar-refractivity contribution >= 4 is 0 Å². The molecule has 0 spiro atoms. The SMILES string of the molecule is CCCCCCCCCCCCCCCCCCCCCCCCCCCCCCCCc1cccc(CCCCCCCCCCCCCCCCCCCCCCCCCCCCCCCC)c1. The Labute approximate surface area is 445 Å². The Kier molecular flexibility index (Phi) is 58.4. The van der Waals surface area contributed by atoms with Gasteiger partial charge in [0.05, 0.1) is 0 Å². The second kappa shape index (κ2) is 60.8. The van der Waals surface area contributed by atoms with Crippen LogP contribution in [0.5, 0.6) is 0 Å². The fourth-order valence-corrected chi connectivity index (χ4v) is 11.6. The molecule has 1 aromatic rings. The van der Waals surface area contributed by atoms with E-state index in [0.717, 1.165) is 0 Å². The molecule has 0 saturated heterocycles. The molecule has 0 aliphatic heterocycles. The Morgan fingerprint density at radius 2 is 0.300 bits per heavy atom. The number of rotatable bonds is 62. The van der Waals surface area contributed by atoms with Gasteiger partial charge in [0.15, 0.2) is 0 Å². The van der Waals surface area contributed by atoms with E-state index in [2.05, 4.69) is 38.1 Å². The van der Waals surface area contributed by atoms with E-state index in [1.165, 1.54) is 398 Å². The second-order valence-corrected chi connectivity index (χ2v) is 23.8. The van der Waals surface area contributed by atoms with Gasteiger partial charge in [0, 0.05) is 0 Å². The molecule has 0 amide bonds. The third-order valence-electron chi connectivity index (χ3n) is 16.6. The molecule has 70 heavy (non-hydrogen) atoms. The molecule has 414 valence electrons. The van der Waals surface area contributed by atoms with Gasteiger partial charge in [-0.1, -0.05) is 411 Å². The predicted molar refractivity (Wildman–Crippen MR) is 322 cm³/mol.